The predicted molar refractivity (Wildman–Crippen MR) is 70.3 cm³/mol. The number of aliphatic hydroxyl groups is 1. The lowest BCUT2D eigenvalue weighted by atomic mass is 9.98. The maximum atomic E-state index is 12.3. The highest BCUT2D eigenvalue weighted by Crippen LogP contribution is 2.15. The lowest BCUT2D eigenvalue weighted by molar-refractivity contribution is -0.137. The molecule has 5 nitrogen and oxygen atoms in total. The number of nitrogens with one attached hydrogen (secondary N) is 1. The lowest BCUT2D eigenvalue weighted by Crippen LogP contribution is -2.52. The maximum Gasteiger partial charge on any atom is 0.227 e. The molecule has 0 aromatic carbocycles. The molecule has 2 rings (SSSR count). The van der Waals surface area contributed by atoms with Gasteiger partial charge in [0.1, 0.15) is 0 Å². The Morgan fingerprint density at radius 2 is 2.06 bits per heavy atom. The average molecular weight is 255 g/mol. The van der Waals surface area contributed by atoms with Crippen LogP contribution in [0.25, 0.3) is 0 Å². The molecular formula is C13H25N3O2. The van der Waals surface area contributed by atoms with Gasteiger partial charge in [-0.05, 0) is 25.8 Å². The molecule has 2 fully saturated rings. The van der Waals surface area contributed by atoms with E-state index >= 15 is 0 Å². The Morgan fingerprint density at radius 3 is 2.67 bits per heavy atom. The fourth-order valence-electron chi connectivity index (χ4n) is 2.81. The largest absolute Gasteiger partial charge is 0.396 e. The van der Waals surface area contributed by atoms with Crippen LogP contribution in [0.2, 0.25) is 0 Å². The lowest BCUT2D eigenvalue weighted by Gasteiger charge is -2.37. The number of piperidine rings is 1. The van der Waals surface area contributed by atoms with Crippen LogP contribution in [-0.4, -0.2) is 73.2 Å². The van der Waals surface area contributed by atoms with Crippen LogP contribution in [0.15, 0.2) is 0 Å². The van der Waals surface area contributed by atoms with E-state index in [1.807, 2.05) is 4.90 Å². The fraction of sp³-hybridized carbons (Fsp3) is 0.923. The number of rotatable bonds is 4. The number of piperazine rings is 1. The molecule has 2 aliphatic rings. The predicted octanol–water partition coefficient (Wildman–Crippen LogP) is -0.487. The molecule has 2 N–H and O–H groups in total. The maximum absolute atomic E-state index is 12.3. The smallest absolute Gasteiger partial charge is 0.227 e. The van der Waals surface area contributed by atoms with E-state index in [4.69, 9.17) is 5.11 Å². The zero-order chi connectivity index (χ0) is 12.8. The van der Waals surface area contributed by atoms with Crippen LogP contribution in [0.3, 0.4) is 0 Å². The van der Waals surface area contributed by atoms with E-state index in [0.29, 0.717) is 5.91 Å². The molecule has 1 amide bonds. The third-order valence-electron chi connectivity index (χ3n) is 3.96. The van der Waals surface area contributed by atoms with Crippen LogP contribution < -0.4 is 5.32 Å². The normalized spacial score (nSPS) is 26.3. The van der Waals surface area contributed by atoms with Crippen molar-refractivity contribution in [3.8, 4) is 0 Å². The number of carbonyl (C=O) groups is 1. The van der Waals surface area contributed by atoms with Gasteiger partial charge in [-0.2, -0.15) is 0 Å². The Morgan fingerprint density at radius 1 is 1.28 bits per heavy atom. The molecule has 0 aliphatic carbocycles. The minimum absolute atomic E-state index is 0.197. The molecule has 0 aromatic heterocycles. The van der Waals surface area contributed by atoms with Gasteiger partial charge in [-0.1, -0.05) is 0 Å². The van der Waals surface area contributed by atoms with Crippen molar-refractivity contribution >= 4 is 5.91 Å². The summed E-state index contributed by atoms with van der Waals surface area (Å²) in [7, 11) is 0. The quantitative estimate of drug-likeness (QED) is 0.712. The number of hydrogen-bond acceptors (Lipinski definition) is 4. The fourth-order valence-corrected chi connectivity index (χ4v) is 2.81. The minimum Gasteiger partial charge on any atom is -0.396 e. The van der Waals surface area contributed by atoms with Gasteiger partial charge in [0.15, 0.2) is 0 Å². The Hall–Kier alpha value is -0.650. The number of nitrogens with zero attached hydrogens (tertiary/aromatic N) is 2. The first-order valence-corrected chi connectivity index (χ1v) is 7.14. The van der Waals surface area contributed by atoms with Crippen molar-refractivity contribution in [3.63, 3.8) is 0 Å². The van der Waals surface area contributed by atoms with Crippen molar-refractivity contribution in [1.82, 2.24) is 15.1 Å². The van der Waals surface area contributed by atoms with Gasteiger partial charge in [-0.25, -0.2) is 0 Å². The van der Waals surface area contributed by atoms with Gasteiger partial charge < -0.3 is 15.3 Å². The highest BCUT2D eigenvalue weighted by Gasteiger charge is 2.28. The molecule has 0 bridgehead atoms. The van der Waals surface area contributed by atoms with Crippen molar-refractivity contribution in [3.05, 3.63) is 0 Å². The van der Waals surface area contributed by atoms with E-state index in [-0.39, 0.29) is 12.5 Å². The van der Waals surface area contributed by atoms with Gasteiger partial charge >= 0.3 is 0 Å². The summed E-state index contributed by atoms with van der Waals surface area (Å²) in [5.74, 6) is 0.534. The van der Waals surface area contributed by atoms with E-state index in [9.17, 15) is 4.79 Å². The van der Waals surface area contributed by atoms with Crippen molar-refractivity contribution in [2.24, 2.45) is 5.92 Å². The summed E-state index contributed by atoms with van der Waals surface area (Å²) in [6.07, 6.45) is 2.99. The Bertz CT molecular complexity index is 259. The molecule has 0 aromatic rings. The third kappa shape index (κ3) is 3.67. The average Bonchev–Trinajstić information content (AvgIpc) is 2.46. The van der Waals surface area contributed by atoms with E-state index < -0.39 is 0 Å². The van der Waals surface area contributed by atoms with E-state index in [2.05, 4.69) is 10.2 Å². The Labute approximate surface area is 109 Å². The molecular weight excluding hydrogens is 230 g/mol. The Balaban J connectivity index is 1.73. The molecule has 1 unspecified atom stereocenters. The summed E-state index contributed by atoms with van der Waals surface area (Å²) in [5, 5.41) is 12.1. The first-order chi connectivity index (χ1) is 8.81. The molecule has 104 valence electrons. The van der Waals surface area contributed by atoms with Gasteiger partial charge in [0.2, 0.25) is 5.91 Å². The number of aliphatic hydroxyl groups excluding tert-OH is 1. The molecule has 1 atom stereocenters. The van der Waals surface area contributed by atoms with Gasteiger partial charge in [-0.3, -0.25) is 9.69 Å². The molecule has 0 saturated carbocycles. The van der Waals surface area contributed by atoms with Crippen molar-refractivity contribution in [2.75, 3.05) is 52.4 Å². The summed E-state index contributed by atoms with van der Waals surface area (Å²) in [6, 6.07) is 0. The summed E-state index contributed by atoms with van der Waals surface area (Å²) in [6.45, 7) is 6.71. The van der Waals surface area contributed by atoms with Crippen LogP contribution in [0.4, 0.5) is 0 Å². The molecule has 2 aliphatic heterocycles. The van der Waals surface area contributed by atoms with Crippen LogP contribution >= 0.6 is 0 Å². The highest BCUT2D eigenvalue weighted by molar-refractivity contribution is 5.79. The summed E-state index contributed by atoms with van der Waals surface area (Å²) < 4.78 is 0. The van der Waals surface area contributed by atoms with Crippen LogP contribution in [0.5, 0.6) is 0 Å². The SMILES string of the molecule is O=C(C1CCCNC1)N1CCN(CCCO)CC1. The molecule has 2 heterocycles. The van der Waals surface area contributed by atoms with Crippen LogP contribution in [-0.2, 0) is 4.79 Å². The standard InChI is InChI=1S/C13H25N3O2/c17-10-2-5-15-6-8-16(9-7-15)13(18)12-3-1-4-14-11-12/h12,14,17H,1-11H2. The number of hydrogen-bond donors (Lipinski definition) is 2. The third-order valence-corrected chi connectivity index (χ3v) is 3.96. The summed E-state index contributed by atoms with van der Waals surface area (Å²) in [5.41, 5.74) is 0. The molecule has 18 heavy (non-hydrogen) atoms. The van der Waals surface area contributed by atoms with Gasteiger partial charge in [0.05, 0.1) is 5.92 Å². The second-order valence-corrected chi connectivity index (χ2v) is 5.29. The first kappa shape index (κ1) is 13.8. The minimum atomic E-state index is 0.197. The second-order valence-electron chi connectivity index (χ2n) is 5.29. The van der Waals surface area contributed by atoms with Crippen molar-refractivity contribution in [2.45, 2.75) is 19.3 Å². The van der Waals surface area contributed by atoms with Gasteiger partial charge in [0, 0.05) is 45.9 Å². The van der Waals surface area contributed by atoms with Gasteiger partial charge in [0.25, 0.3) is 0 Å². The second kappa shape index (κ2) is 7.07. The molecule has 5 heteroatoms. The zero-order valence-corrected chi connectivity index (χ0v) is 11.1. The monoisotopic (exact) mass is 255 g/mol. The molecule has 2 saturated heterocycles. The van der Waals surface area contributed by atoms with E-state index in [1.165, 1.54) is 0 Å². The van der Waals surface area contributed by atoms with E-state index in [1.54, 1.807) is 0 Å². The highest BCUT2D eigenvalue weighted by atomic mass is 16.3. The van der Waals surface area contributed by atoms with Crippen LogP contribution in [0.1, 0.15) is 19.3 Å². The molecule has 0 radical (unpaired) electrons. The summed E-state index contributed by atoms with van der Waals surface area (Å²) >= 11 is 0. The van der Waals surface area contributed by atoms with Gasteiger partial charge in [-0.15, -0.1) is 0 Å². The molecule has 0 spiro atoms. The van der Waals surface area contributed by atoms with Crippen LogP contribution in [0, 0.1) is 5.92 Å². The number of carbonyl (C=O) groups excluding carboxylic acids is 1. The summed E-state index contributed by atoms with van der Waals surface area (Å²) in [4.78, 5) is 16.7. The zero-order valence-electron chi connectivity index (χ0n) is 11.1. The Kier molecular flexibility index (Phi) is 5.41. The van der Waals surface area contributed by atoms with Crippen molar-refractivity contribution < 1.29 is 9.90 Å². The van der Waals surface area contributed by atoms with Crippen molar-refractivity contribution in [1.29, 1.82) is 0 Å². The first-order valence-electron chi connectivity index (χ1n) is 7.14. The number of amides is 1. The topological polar surface area (TPSA) is 55.8 Å². The van der Waals surface area contributed by atoms with E-state index in [0.717, 1.165) is 65.1 Å².